The van der Waals surface area contributed by atoms with Crippen molar-refractivity contribution in [1.82, 2.24) is 4.90 Å². The molecule has 2 atom stereocenters. The van der Waals surface area contributed by atoms with Crippen LogP contribution >= 0.6 is 0 Å². The van der Waals surface area contributed by atoms with Crippen molar-refractivity contribution in [3.05, 3.63) is 53.0 Å². The van der Waals surface area contributed by atoms with Gasteiger partial charge in [0.25, 0.3) is 5.91 Å². The van der Waals surface area contributed by atoms with Gasteiger partial charge in [-0.3, -0.25) is 4.79 Å². The summed E-state index contributed by atoms with van der Waals surface area (Å²) in [5, 5.41) is 0. The molecule has 1 aliphatic rings. The number of hydrogen-bond donors (Lipinski definition) is 0. The van der Waals surface area contributed by atoms with Crippen LogP contribution in [0.25, 0.3) is 0 Å². The highest BCUT2D eigenvalue weighted by Gasteiger charge is 2.37. The van der Waals surface area contributed by atoms with E-state index in [0.29, 0.717) is 17.9 Å². The SMILES string of the molecule is Cc1ccc(C(C)C)c(O[C@H](C)C(=O)N(Cc2ccc(C)o2)[C@H]2CCS(=O)(=O)C2)c1. The van der Waals surface area contributed by atoms with Gasteiger partial charge in [-0.25, -0.2) is 8.42 Å². The average Bonchev–Trinajstić information content (AvgIpc) is 3.23. The van der Waals surface area contributed by atoms with Gasteiger partial charge < -0.3 is 14.1 Å². The van der Waals surface area contributed by atoms with Crippen molar-refractivity contribution in [3.63, 3.8) is 0 Å². The Morgan fingerprint density at radius 3 is 2.50 bits per heavy atom. The van der Waals surface area contributed by atoms with E-state index in [9.17, 15) is 13.2 Å². The third-order valence-corrected chi connectivity index (χ3v) is 7.25. The summed E-state index contributed by atoms with van der Waals surface area (Å²) in [5.41, 5.74) is 2.09. The Labute approximate surface area is 179 Å². The number of sulfone groups is 1. The molecule has 1 aliphatic heterocycles. The Balaban J connectivity index is 1.84. The molecule has 0 unspecified atom stereocenters. The lowest BCUT2D eigenvalue weighted by atomic mass is 10.0. The lowest BCUT2D eigenvalue weighted by molar-refractivity contribution is -0.141. The Morgan fingerprint density at radius 1 is 1.20 bits per heavy atom. The Morgan fingerprint density at radius 2 is 1.93 bits per heavy atom. The molecule has 0 N–H and O–H groups in total. The van der Waals surface area contributed by atoms with Crippen LogP contribution in [0.3, 0.4) is 0 Å². The fraction of sp³-hybridized carbons (Fsp3) is 0.522. The van der Waals surface area contributed by atoms with E-state index in [2.05, 4.69) is 13.8 Å². The molecule has 6 nitrogen and oxygen atoms in total. The van der Waals surface area contributed by atoms with Gasteiger partial charge in [0.2, 0.25) is 0 Å². The van der Waals surface area contributed by atoms with E-state index in [-0.39, 0.29) is 35.9 Å². The molecule has 7 heteroatoms. The van der Waals surface area contributed by atoms with Gasteiger partial charge in [-0.2, -0.15) is 0 Å². The zero-order chi connectivity index (χ0) is 22.1. The number of furan rings is 1. The third-order valence-electron chi connectivity index (χ3n) is 5.50. The largest absolute Gasteiger partial charge is 0.481 e. The molecule has 0 radical (unpaired) electrons. The quantitative estimate of drug-likeness (QED) is 0.660. The van der Waals surface area contributed by atoms with Crippen LogP contribution in [-0.2, 0) is 21.2 Å². The summed E-state index contributed by atoms with van der Waals surface area (Å²) in [6.45, 7) is 9.94. The molecule has 2 aromatic rings. The minimum atomic E-state index is -3.13. The number of ether oxygens (including phenoxy) is 1. The first-order valence-corrected chi connectivity index (χ1v) is 12.2. The van der Waals surface area contributed by atoms with E-state index in [4.69, 9.17) is 9.15 Å². The van der Waals surface area contributed by atoms with E-state index in [0.717, 1.165) is 16.9 Å². The maximum atomic E-state index is 13.4. The van der Waals surface area contributed by atoms with Crippen molar-refractivity contribution in [3.8, 4) is 5.75 Å². The summed E-state index contributed by atoms with van der Waals surface area (Å²) in [4.78, 5) is 15.0. The second-order valence-corrected chi connectivity index (χ2v) is 10.7. The molecule has 30 heavy (non-hydrogen) atoms. The van der Waals surface area contributed by atoms with Crippen molar-refractivity contribution >= 4 is 15.7 Å². The molecular formula is C23H31NO5S. The first-order valence-electron chi connectivity index (χ1n) is 10.4. The lowest BCUT2D eigenvalue weighted by Gasteiger charge is -2.30. The van der Waals surface area contributed by atoms with Gasteiger partial charge in [0, 0.05) is 6.04 Å². The van der Waals surface area contributed by atoms with E-state index in [1.807, 2.05) is 44.2 Å². The highest BCUT2D eigenvalue weighted by molar-refractivity contribution is 7.91. The minimum absolute atomic E-state index is 0.0210. The second kappa shape index (κ2) is 8.84. The number of rotatable bonds is 7. The highest BCUT2D eigenvalue weighted by atomic mass is 32.2. The van der Waals surface area contributed by atoms with Crippen molar-refractivity contribution < 1.29 is 22.4 Å². The van der Waals surface area contributed by atoms with Gasteiger partial charge in [-0.05, 0) is 62.4 Å². The molecule has 1 aromatic carbocycles. The van der Waals surface area contributed by atoms with Crippen LogP contribution in [0.2, 0.25) is 0 Å². The van der Waals surface area contributed by atoms with Crippen molar-refractivity contribution in [2.45, 2.75) is 65.6 Å². The summed E-state index contributed by atoms with van der Waals surface area (Å²) in [5.74, 6) is 2.18. The monoisotopic (exact) mass is 433 g/mol. The Hall–Kier alpha value is -2.28. The van der Waals surface area contributed by atoms with Crippen LogP contribution < -0.4 is 4.74 Å². The summed E-state index contributed by atoms with van der Waals surface area (Å²) < 4.78 is 35.9. The van der Waals surface area contributed by atoms with Crippen LogP contribution in [0.15, 0.2) is 34.7 Å². The highest BCUT2D eigenvalue weighted by Crippen LogP contribution is 2.29. The van der Waals surface area contributed by atoms with Gasteiger partial charge in [0.15, 0.2) is 15.9 Å². The number of carbonyl (C=O) groups is 1. The maximum absolute atomic E-state index is 13.4. The Kier molecular flexibility index (Phi) is 6.60. The van der Waals surface area contributed by atoms with E-state index in [1.165, 1.54) is 0 Å². The number of amides is 1. The number of carbonyl (C=O) groups excluding carboxylic acids is 1. The van der Waals surface area contributed by atoms with Gasteiger partial charge in [0.05, 0.1) is 18.1 Å². The molecule has 0 aliphatic carbocycles. The van der Waals surface area contributed by atoms with E-state index in [1.54, 1.807) is 11.8 Å². The van der Waals surface area contributed by atoms with Gasteiger partial charge in [0.1, 0.15) is 17.3 Å². The standard InChI is InChI=1S/C23H31NO5S/c1-15(2)21-9-6-16(3)12-22(21)29-18(5)23(25)24(13-20-8-7-17(4)28-20)19-10-11-30(26,27)14-19/h6-9,12,15,18-19H,10-11,13-14H2,1-5H3/t18-,19+/m1/s1. The second-order valence-electron chi connectivity index (χ2n) is 8.49. The summed E-state index contributed by atoms with van der Waals surface area (Å²) >= 11 is 0. The zero-order valence-corrected chi connectivity index (χ0v) is 19.2. The molecule has 0 bridgehead atoms. The third kappa shape index (κ3) is 5.25. The van der Waals surface area contributed by atoms with Crippen LogP contribution in [0.5, 0.6) is 5.75 Å². The summed E-state index contributed by atoms with van der Waals surface area (Å²) in [7, 11) is -3.13. The number of hydrogen-bond acceptors (Lipinski definition) is 5. The molecule has 3 rings (SSSR count). The van der Waals surface area contributed by atoms with Gasteiger partial charge >= 0.3 is 0 Å². The van der Waals surface area contributed by atoms with E-state index >= 15 is 0 Å². The fourth-order valence-corrected chi connectivity index (χ4v) is 5.57. The molecular weight excluding hydrogens is 402 g/mol. The molecule has 1 aromatic heterocycles. The van der Waals surface area contributed by atoms with Crippen molar-refractivity contribution in [1.29, 1.82) is 0 Å². The van der Waals surface area contributed by atoms with E-state index < -0.39 is 15.9 Å². The number of benzene rings is 1. The first kappa shape index (κ1) is 22.4. The van der Waals surface area contributed by atoms with Crippen molar-refractivity contribution in [2.24, 2.45) is 0 Å². The average molecular weight is 434 g/mol. The van der Waals surface area contributed by atoms with Crippen molar-refractivity contribution in [2.75, 3.05) is 11.5 Å². The summed E-state index contributed by atoms with van der Waals surface area (Å²) in [6, 6.07) is 9.29. The molecule has 1 amide bonds. The molecule has 0 saturated carbocycles. The first-order chi connectivity index (χ1) is 14.1. The lowest BCUT2D eigenvalue weighted by Crippen LogP contribution is -2.46. The Bertz CT molecular complexity index is 1010. The number of nitrogens with zero attached hydrogens (tertiary/aromatic N) is 1. The molecule has 0 spiro atoms. The predicted octanol–water partition coefficient (Wildman–Crippen LogP) is 4.00. The van der Waals surface area contributed by atoms with Crippen LogP contribution in [0.1, 0.15) is 55.8 Å². The smallest absolute Gasteiger partial charge is 0.264 e. The molecule has 164 valence electrons. The molecule has 2 heterocycles. The van der Waals surface area contributed by atoms with Crippen LogP contribution in [-0.4, -0.2) is 42.9 Å². The molecule has 1 fully saturated rings. The minimum Gasteiger partial charge on any atom is -0.481 e. The predicted molar refractivity (Wildman–Crippen MR) is 116 cm³/mol. The normalized spacial score (nSPS) is 19.1. The zero-order valence-electron chi connectivity index (χ0n) is 18.3. The van der Waals surface area contributed by atoms with Crippen LogP contribution in [0, 0.1) is 13.8 Å². The summed E-state index contributed by atoms with van der Waals surface area (Å²) in [6.07, 6.45) is -0.314. The van der Waals surface area contributed by atoms with Crippen LogP contribution in [0.4, 0.5) is 0 Å². The fourth-order valence-electron chi connectivity index (χ4n) is 3.84. The number of aryl methyl sites for hydroxylation is 2. The molecule has 1 saturated heterocycles. The van der Waals surface area contributed by atoms with Gasteiger partial charge in [-0.1, -0.05) is 26.0 Å². The maximum Gasteiger partial charge on any atom is 0.264 e. The van der Waals surface area contributed by atoms with Gasteiger partial charge in [-0.15, -0.1) is 0 Å². The topological polar surface area (TPSA) is 76.8 Å².